The van der Waals surface area contributed by atoms with Crippen LogP contribution < -0.4 is 10.1 Å². The molecule has 1 atom stereocenters. The number of ether oxygens (including phenoxy) is 1. The second-order valence-corrected chi connectivity index (χ2v) is 6.19. The summed E-state index contributed by atoms with van der Waals surface area (Å²) in [5, 5.41) is 3.63. The van der Waals surface area contributed by atoms with Crippen LogP contribution in [-0.4, -0.2) is 24.2 Å². The van der Waals surface area contributed by atoms with E-state index in [4.69, 9.17) is 4.74 Å². The van der Waals surface area contributed by atoms with Crippen LogP contribution in [0, 0.1) is 0 Å². The average molecular weight is 281 g/mol. The molecular formula is C16H27NOS. The first-order valence-corrected chi connectivity index (χ1v) is 8.41. The van der Waals surface area contributed by atoms with Crippen molar-refractivity contribution >= 4 is 11.8 Å². The van der Waals surface area contributed by atoms with E-state index in [0.29, 0.717) is 6.04 Å². The minimum atomic E-state index is 0.215. The number of para-hydroxylation sites is 1. The van der Waals surface area contributed by atoms with E-state index in [1.54, 1.807) is 0 Å². The van der Waals surface area contributed by atoms with Crippen molar-refractivity contribution in [1.29, 1.82) is 0 Å². The predicted octanol–water partition coefficient (Wildman–Crippen LogP) is 4.27. The van der Waals surface area contributed by atoms with E-state index in [2.05, 4.69) is 51.2 Å². The Kier molecular flexibility index (Phi) is 7.99. The Balaban J connectivity index is 2.85. The second kappa shape index (κ2) is 9.27. The van der Waals surface area contributed by atoms with Crippen molar-refractivity contribution in [2.45, 2.75) is 46.3 Å². The largest absolute Gasteiger partial charge is 0.491 e. The molecule has 0 amide bonds. The van der Waals surface area contributed by atoms with E-state index >= 15 is 0 Å². The summed E-state index contributed by atoms with van der Waals surface area (Å²) in [7, 11) is 0. The predicted molar refractivity (Wildman–Crippen MR) is 86.2 cm³/mol. The van der Waals surface area contributed by atoms with Crippen LogP contribution >= 0.6 is 11.8 Å². The lowest BCUT2D eigenvalue weighted by atomic mass is 10.1. The maximum Gasteiger partial charge on any atom is 0.124 e. The van der Waals surface area contributed by atoms with Crippen molar-refractivity contribution in [3.8, 4) is 5.75 Å². The van der Waals surface area contributed by atoms with Crippen LogP contribution in [0.25, 0.3) is 0 Å². The lowest BCUT2D eigenvalue weighted by molar-refractivity contribution is 0.238. The molecule has 0 radical (unpaired) electrons. The van der Waals surface area contributed by atoms with Crippen molar-refractivity contribution in [2.75, 3.05) is 18.1 Å². The molecule has 108 valence electrons. The quantitative estimate of drug-likeness (QED) is 0.730. The molecule has 0 aliphatic heterocycles. The Morgan fingerprint density at radius 1 is 1.21 bits per heavy atom. The number of hydrogen-bond acceptors (Lipinski definition) is 3. The Hall–Kier alpha value is -0.670. The van der Waals surface area contributed by atoms with Gasteiger partial charge in [-0.2, -0.15) is 11.8 Å². The molecule has 0 aliphatic carbocycles. The molecule has 1 rings (SSSR count). The van der Waals surface area contributed by atoms with E-state index in [0.717, 1.165) is 30.2 Å². The van der Waals surface area contributed by atoms with Gasteiger partial charge in [0.15, 0.2) is 0 Å². The molecule has 19 heavy (non-hydrogen) atoms. The summed E-state index contributed by atoms with van der Waals surface area (Å²) in [4.78, 5) is 0. The van der Waals surface area contributed by atoms with Crippen LogP contribution in [0.3, 0.4) is 0 Å². The summed E-state index contributed by atoms with van der Waals surface area (Å²) in [6.07, 6.45) is 1.37. The standard InChI is InChI=1S/C16H27NOS/c1-5-11-17-15(12-19-6-2)14-9-7-8-10-16(14)18-13(3)4/h7-10,13,15,17H,5-6,11-12H2,1-4H3. The Bertz CT molecular complexity index is 346. The fourth-order valence-electron chi connectivity index (χ4n) is 1.94. The fourth-order valence-corrected chi connectivity index (χ4v) is 2.71. The summed E-state index contributed by atoms with van der Waals surface area (Å²) in [6, 6.07) is 8.78. The van der Waals surface area contributed by atoms with Crippen LogP contribution in [-0.2, 0) is 0 Å². The summed E-state index contributed by atoms with van der Waals surface area (Å²) in [5.74, 6) is 3.26. The molecule has 0 aromatic heterocycles. The lowest BCUT2D eigenvalue weighted by Gasteiger charge is -2.22. The van der Waals surface area contributed by atoms with E-state index in [-0.39, 0.29) is 6.10 Å². The third kappa shape index (κ3) is 5.87. The maximum absolute atomic E-state index is 5.94. The second-order valence-electron chi connectivity index (χ2n) is 4.87. The van der Waals surface area contributed by atoms with Gasteiger partial charge in [-0.05, 0) is 38.6 Å². The van der Waals surface area contributed by atoms with Crippen LogP contribution in [0.4, 0.5) is 0 Å². The summed E-state index contributed by atoms with van der Waals surface area (Å²) in [5.41, 5.74) is 1.28. The van der Waals surface area contributed by atoms with Gasteiger partial charge in [0.2, 0.25) is 0 Å². The van der Waals surface area contributed by atoms with Crippen molar-refractivity contribution in [3.05, 3.63) is 29.8 Å². The highest BCUT2D eigenvalue weighted by atomic mass is 32.2. The number of thioether (sulfide) groups is 1. The van der Waals surface area contributed by atoms with Crippen molar-refractivity contribution < 1.29 is 4.74 Å². The molecule has 1 N–H and O–H groups in total. The smallest absolute Gasteiger partial charge is 0.124 e. The first-order chi connectivity index (χ1) is 9.19. The zero-order valence-corrected chi connectivity index (χ0v) is 13.4. The third-order valence-electron chi connectivity index (χ3n) is 2.79. The average Bonchev–Trinajstić information content (AvgIpc) is 2.39. The number of benzene rings is 1. The number of nitrogens with one attached hydrogen (secondary N) is 1. The number of rotatable bonds is 9. The molecule has 0 aliphatic rings. The molecule has 2 nitrogen and oxygen atoms in total. The lowest BCUT2D eigenvalue weighted by Crippen LogP contribution is -2.25. The molecule has 1 unspecified atom stereocenters. The molecule has 0 saturated heterocycles. The molecular weight excluding hydrogens is 254 g/mol. The van der Waals surface area contributed by atoms with Gasteiger partial charge in [-0.3, -0.25) is 0 Å². The van der Waals surface area contributed by atoms with Gasteiger partial charge < -0.3 is 10.1 Å². The molecule has 1 aromatic carbocycles. The van der Waals surface area contributed by atoms with Gasteiger partial charge in [-0.1, -0.05) is 32.0 Å². The first kappa shape index (κ1) is 16.4. The number of hydrogen-bond donors (Lipinski definition) is 1. The summed E-state index contributed by atoms with van der Waals surface area (Å²) in [6.45, 7) is 9.61. The Labute approximate surface area is 122 Å². The summed E-state index contributed by atoms with van der Waals surface area (Å²) >= 11 is 1.97. The Morgan fingerprint density at radius 3 is 2.58 bits per heavy atom. The normalized spacial score (nSPS) is 12.7. The van der Waals surface area contributed by atoms with Crippen LogP contribution in [0.2, 0.25) is 0 Å². The summed E-state index contributed by atoms with van der Waals surface area (Å²) < 4.78 is 5.94. The van der Waals surface area contributed by atoms with E-state index < -0.39 is 0 Å². The van der Waals surface area contributed by atoms with Gasteiger partial charge in [-0.15, -0.1) is 0 Å². The van der Waals surface area contributed by atoms with Gasteiger partial charge in [0.1, 0.15) is 5.75 Å². The van der Waals surface area contributed by atoms with Gasteiger partial charge in [0.25, 0.3) is 0 Å². The third-order valence-corrected chi connectivity index (χ3v) is 3.76. The van der Waals surface area contributed by atoms with Crippen LogP contribution in [0.15, 0.2) is 24.3 Å². The van der Waals surface area contributed by atoms with Crippen molar-refractivity contribution in [2.24, 2.45) is 0 Å². The van der Waals surface area contributed by atoms with E-state index in [1.165, 1.54) is 5.56 Å². The minimum absolute atomic E-state index is 0.215. The molecule has 0 fully saturated rings. The highest BCUT2D eigenvalue weighted by molar-refractivity contribution is 7.99. The molecule has 3 heteroatoms. The van der Waals surface area contributed by atoms with Gasteiger partial charge in [0, 0.05) is 17.4 Å². The van der Waals surface area contributed by atoms with Crippen molar-refractivity contribution in [3.63, 3.8) is 0 Å². The monoisotopic (exact) mass is 281 g/mol. The molecule has 0 spiro atoms. The van der Waals surface area contributed by atoms with Crippen molar-refractivity contribution in [1.82, 2.24) is 5.32 Å². The molecule has 1 aromatic rings. The molecule has 0 heterocycles. The fraction of sp³-hybridized carbons (Fsp3) is 0.625. The SMILES string of the molecule is CCCNC(CSCC)c1ccccc1OC(C)C. The van der Waals surface area contributed by atoms with Crippen LogP contribution in [0.5, 0.6) is 5.75 Å². The zero-order chi connectivity index (χ0) is 14.1. The van der Waals surface area contributed by atoms with E-state index in [9.17, 15) is 0 Å². The minimum Gasteiger partial charge on any atom is -0.491 e. The van der Waals surface area contributed by atoms with E-state index in [1.807, 2.05) is 17.8 Å². The maximum atomic E-state index is 5.94. The van der Waals surface area contributed by atoms with Crippen LogP contribution in [0.1, 0.15) is 45.7 Å². The highest BCUT2D eigenvalue weighted by Crippen LogP contribution is 2.28. The highest BCUT2D eigenvalue weighted by Gasteiger charge is 2.15. The van der Waals surface area contributed by atoms with Gasteiger partial charge in [0.05, 0.1) is 6.10 Å². The molecule has 0 saturated carbocycles. The Morgan fingerprint density at radius 2 is 1.95 bits per heavy atom. The molecule has 0 bridgehead atoms. The van der Waals surface area contributed by atoms with Gasteiger partial charge >= 0.3 is 0 Å². The van der Waals surface area contributed by atoms with Gasteiger partial charge in [-0.25, -0.2) is 0 Å². The zero-order valence-electron chi connectivity index (χ0n) is 12.6. The topological polar surface area (TPSA) is 21.3 Å². The first-order valence-electron chi connectivity index (χ1n) is 7.25.